The quantitative estimate of drug-likeness (QED) is 0.818. The molecule has 0 aromatic heterocycles. The largest absolute Gasteiger partial charge is 0.340 e. The normalized spacial score (nSPS) is 18.7. The Kier molecular flexibility index (Phi) is 2.58. The van der Waals surface area contributed by atoms with Crippen molar-refractivity contribution in [1.29, 1.82) is 0 Å². The van der Waals surface area contributed by atoms with Gasteiger partial charge in [0.05, 0.1) is 11.4 Å². The molecule has 3 rings (SSSR count). The van der Waals surface area contributed by atoms with Crippen LogP contribution in [0.25, 0.3) is 0 Å². The van der Waals surface area contributed by atoms with Crippen molar-refractivity contribution >= 4 is 23.1 Å². The van der Waals surface area contributed by atoms with Crippen LogP contribution in [0.4, 0.5) is 11.4 Å². The fourth-order valence-corrected chi connectivity index (χ4v) is 3.64. The number of hydrogen-bond donors (Lipinski definition) is 0. The number of anilines is 2. The Balaban J connectivity index is 1.84. The average Bonchev–Trinajstić information content (AvgIpc) is 2.55. The molecule has 0 N–H and O–H groups in total. The topological polar surface area (TPSA) is 6.48 Å². The molecule has 2 aromatic rings. The van der Waals surface area contributed by atoms with Crippen LogP contribution in [0.2, 0.25) is 0 Å². The SMILES string of the molecule is [2H]C([2H])([2H])N(CCCN1c2ccccc2Sc2ccc(C)cc21)C([2H])([2H])[2H]. The van der Waals surface area contributed by atoms with E-state index in [4.69, 9.17) is 8.22 Å². The maximum Gasteiger partial charge on any atom is 0.0555 e. The van der Waals surface area contributed by atoms with Crippen molar-refractivity contribution in [2.75, 3.05) is 31.9 Å². The fourth-order valence-electron chi connectivity index (χ4n) is 2.57. The van der Waals surface area contributed by atoms with Gasteiger partial charge in [-0.25, -0.2) is 0 Å². The summed E-state index contributed by atoms with van der Waals surface area (Å²) in [6.45, 7) is -2.74. The van der Waals surface area contributed by atoms with Gasteiger partial charge < -0.3 is 9.80 Å². The third kappa shape index (κ3) is 3.09. The van der Waals surface area contributed by atoms with Gasteiger partial charge >= 0.3 is 0 Å². The number of aryl methyl sites for hydroxylation is 1. The zero-order valence-electron chi connectivity index (χ0n) is 18.0. The molecule has 0 spiro atoms. The van der Waals surface area contributed by atoms with Gasteiger partial charge in [-0.1, -0.05) is 30.0 Å². The van der Waals surface area contributed by atoms with Gasteiger partial charge in [-0.2, -0.15) is 0 Å². The van der Waals surface area contributed by atoms with E-state index in [0.717, 1.165) is 26.7 Å². The molecule has 0 saturated heterocycles. The number of para-hydroxylation sites is 1. The van der Waals surface area contributed by atoms with Crippen molar-refractivity contribution in [3.8, 4) is 0 Å². The second-order valence-corrected chi connectivity index (χ2v) is 6.28. The van der Waals surface area contributed by atoms with E-state index in [9.17, 15) is 0 Å². The van der Waals surface area contributed by atoms with Crippen molar-refractivity contribution in [2.24, 2.45) is 0 Å². The van der Waals surface area contributed by atoms with Gasteiger partial charge in [0, 0.05) is 24.6 Å². The van der Waals surface area contributed by atoms with Crippen molar-refractivity contribution in [3.63, 3.8) is 0 Å². The Morgan fingerprint density at radius 3 is 2.76 bits per heavy atom. The lowest BCUT2D eigenvalue weighted by atomic mass is 10.1. The van der Waals surface area contributed by atoms with E-state index >= 15 is 0 Å². The third-order valence-electron chi connectivity index (χ3n) is 3.54. The van der Waals surface area contributed by atoms with Gasteiger partial charge in [-0.15, -0.1) is 0 Å². The highest BCUT2D eigenvalue weighted by atomic mass is 32.2. The molecule has 1 heterocycles. The summed E-state index contributed by atoms with van der Waals surface area (Å²) < 4.78 is 45.1. The molecule has 1 aliphatic rings. The summed E-state index contributed by atoms with van der Waals surface area (Å²) in [5, 5.41) is 0. The molecule has 0 saturated carbocycles. The maximum absolute atomic E-state index is 7.51. The summed E-state index contributed by atoms with van der Waals surface area (Å²) in [5.74, 6) is 0. The van der Waals surface area contributed by atoms with Crippen molar-refractivity contribution < 1.29 is 8.22 Å². The van der Waals surface area contributed by atoms with Gasteiger partial charge in [-0.05, 0) is 63.7 Å². The highest BCUT2D eigenvalue weighted by Gasteiger charge is 2.22. The smallest absolute Gasteiger partial charge is 0.0555 e. The van der Waals surface area contributed by atoms with Gasteiger partial charge in [0.2, 0.25) is 0 Å². The monoisotopic (exact) mass is 304 g/mol. The van der Waals surface area contributed by atoms with E-state index in [-0.39, 0.29) is 6.54 Å². The molecule has 0 fully saturated rings. The number of benzene rings is 2. The van der Waals surface area contributed by atoms with Crippen LogP contribution < -0.4 is 4.90 Å². The van der Waals surface area contributed by atoms with Gasteiger partial charge in [0.15, 0.2) is 0 Å². The van der Waals surface area contributed by atoms with E-state index in [1.807, 2.05) is 25.1 Å². The summed E-state index contributed by atoms with van der Waals surface area (Å²) in [7, 11) is 0. The molecule has 2 nitrogen and oxygen atoms in total. The molecule has 0 radical (unpaired) electrons. The molecule has 0 aliphatic carbocycles. The second kappa shape index (κ2) is 6.12. The minimum atomic E-state index is -2.64. The predicted molar refractivity (Wildman–Crippen MR) is 91.9 cm³/mol. The van der Waals surface area contributed by atoms with Gasteiger partial charge in [0.25, 0.3) is 0 Å². The number of rotatable bonds is 4. The van der Waals surface area contributed by atoms with Crippen LogP contribution in [-0.4, -0.2) is 31.9 Å². The summed E-state index contributed by atoms with van der Waals surface area (Å²) in [6, 6.07) is 14.4. The minimum absolute atomic E-state index is 0.0278. The predicted octanol–water partition coefficient (Wildman–Crippen LogP) is 4.55. The molecule has 2 aromatic carbocycles. The fraction of sp³-hybridized carbons (Fsp3) is 0.333. The molecule has 110 valence electrons. The molecule has 0 bridgehead atoms. The zero-order chi connectivity index (χ0) is 19.8. The first kappa shape index (κ1) is 8.86. The Morgan fingerprint density at radius 1 is 1.10 bits per heavy atom. The van der Waals surface area contributed by atoms with Crippen LogP contribution in [0.5, 0.6) is 0 Å². The first-order valence-electron chi connectivity index (χ1n) is 10.0. The number of hydrogen-bond acceptors (Lipinski definition) is 3. The van der Waals surface area contributed by atoms with E-state index in [1.54, 1.807) is 11.8 Å². The van der Waals surface area contributed by atoms with Crippen LogP contribution in [-0.2, 0) is 0 Å². The summed E-state index contributed by atoms with van der Waals surface area (Å²) in [5.41, 5.74) is 3.29. The van der Waals surface area contributed by atoms with Gasteiger partial charge in [-0.3, -0.25) is 0 Å². The lowest BCUT2D eigenvalue weighted by Gasteiger charge is -2.33. The molecule has 3 heteroatoms. The maximum atomic E-state index is 7.51. The Morgan fingerprint density at radius 2 is 1.90 bits per heavy atom. The first-order valence-corrected chi connectivity index (χ1v) is 7.82. The Bertz CT molecular complexity index is 804. The Hall–Kier alpha value is -1.45. The lowest BCUT2D eigenvalue weighted by Crippen LogP contribution is -2.25. The van der Waals surface area contributed by atoms with Crippen LogP contribution in [0, 0.1) is 6.92 Å². The van der Waals surface area contributed by atoms with E-state index in [1.165, 1.54) is 0 Å². The van der Waals surface area contributed by atoms with Gasteiger partial charge in [0.1, 0.15) is 0 Å². The van der Waals surface area contributed by atoms with E-state index in [0.29, 0.717) is 17.9 Å². The van der Waals surface area contributed by atoms with Crippen LogP contribution in [0.1, 0.15) is 20.2 Å². The third-order valence-corrected chi connectivity index (χ3v) is 4.67. The molecule has 0 amide bonds. The molecular formula is C18H22N2S. The molecular weight excluding hydrogens is 276 g/mol. The highest BCUT2D eigenvalue weighted by Crippen LogP contribution is 2.48. The summed E-state index contributed by atoms with van der Waals surface area (Å²) >= 11 is 1.71. The molecule has 1 aliphatic heterocycles. The highest BCUT2D eigenvalue weighted by molar-refractivity contribution is 7.99. The summed E-state index contributed by atoms with van der Waals surface area (Å²) in [6.07, 6.45) is 0.420. The standard InChI is InChI=1S/C18H22N2S/c1-14-9-10-18-16(13-14)20(12-6-11-19(2)3)15-7-4-5-8-17(15)21-18/h4-5,7-10,13H,6,11-12H2,1-3H3/i2D3,3D3. The van der Waals surface area contributed by atoms with Crippen LogP contribution in [0.15, 0.2) is 52.3 Å². The average molecular weight is 304 g/mol. The molecule has 21 heavy (non-hydrogen) atoms. The minimum Gasteiger partial charge on any atom is -0.340 e. The zero-order valence-corrected chi connectivity index (χ0v) is 12.8. The van der Waals surface area contributed by atoms with Crippen molar-refractivity contribution in [1.82, 2.24) is 4.90 Å². The van der Waals surface area contributed by atoms with Crippen LogP contribution in [0.3, 0.4) is 0 Å². The molecule has 0 unspecified atom stereocenters. The molecule has 0 atom stereocenters. The summed E-state index contributed by atoms with van der Waals surface area (Å²) in [4.78, 5) is 5.06. The number of fused-ring (bicyclic) bond motifs is 2. The van der Waals surface area contributed by atoms with Crippen molar-refractivity contribution in [2.45, 2.75) is 23.1 Å². The Labute approximate surface area is 140 Å². The van der Waals surface area contributed by atoms with E-state index < -0.39 is 14.0 Å². The van der Waals surface area contributed by atoms with Crippen LogP contribution >= 0.6 is 11.8 Å². The second-order valence-electron chi connectivity index (χ2n) is 5.20. The van der Waals surface area contributed by atoms with Crippen molar-refractivity contribution in [3.05, 3.63) is 48.0 Å². The first-order chi connectivity index (χ1) is 12.6. The van der Waals surface area contributed by atoms with E-state index in [2.05, 4.69) is 29.2 Å². The number of nitrogens with zero attached hydrogens (tertiary/aromatic N) is 2. The lowest BCUT2D eigenvalue weighted by molar-refractivity contribution is 0.402.